The molecule has 1 aliphatic rings. The minimum absolute atomic E-state index is 0.0256. The van der Waals surface area contributed by atoms with Gasteiger partial charge in [0.05, 0.1) is 12.6 Å². The van der Waals surface area contributed by atoms with E-state index in [1.54, 1.807) is 24.0 Å². The molecule has 0 unspecified atom stereocenters. The third-order valence-corrected chi connectivity index (χ3v) is 6.59. The lowest BCUT2D eigenvalue weighted by Crippen LogP contribution is -2.32. The summed E-state index contributed by atoms with van der Waals surface area (Å²) in [6.07, 6.45) is 0. The van der Waals surface area contributed by atoms with Crippen LogP contribution in [0.25, 0.3) is 11.3 Å². The molecule has 2 heterocycles. The third kappa shape index (κ3) is 4.24. The first-order chi connectivity index (χ1) is 17.0. The van der Waals surface area contributed by atoms with Crippen molar-refractivity contribution in [3.8, 4) is 22.8 Å². The van der Waals surface area contributed by atoms with Crippen LogP contribution < -0.4 is 4.74 Å². The summed E-state index contributed by atoms with van der Waals surface area (Å²) >= 11 is 6.33. The first-order valence-electron chi connectivity index (χ1n) is 11.2. The van der Waals surface area contributed by atoms with Crippen LogP contribution in [0.3, 0.4) is 0 Å². The number of fused-ring (bicyclic) bond motifs is 1. The molecular weight excluding hydrogens is 466 g/mol. The second-order valence-electron chi connectivity index (χ2n) is 8.45. The van der Waals surface area contributed by atoms with E-state index in [1.807, 2.05) is 54.6 Å². The molecule has 7 nitrogen and oxygen atoms in total. The molecule has 8 heteroatoms. The number of nitrogens with one attached hydrogen (secondary N) is 1. The van der Waals surface area contributed by atoms with Crippen molar-refractivity contribution in [3.05, 3.63) is 99.7 Å². The molecule has 4 aromatic rings. The van der Waals surface area contributed by atoms with Crippen LogP contribution in [0.5, 0.6) is 11.5 Å². The molecule has 1 atom stereocenters. The van der Waals surface area contributed by atoms with Gasteiger partial charge in [0.2, 0.25) is 0 Å². The first-order valence-corrected chi connectivity index (χ1v) is 11.6. The number of H-pyrrole nitrogens is 1. The van der Waals surface area contributed by atoms with Crippen LogP contribution >= 0.6 is 11.6 Å². The van der Waals surface area contributed by atoms with Crippen molar-refractivity contribution in [2.24, 2.45) is 0 Å². The Morgan fingerprint density at radius 3 is 2.57 bits per heavy atom. The lowest BCUT2D eigenvalue weighted by atomic mass is 9.95. The van der Waals surface area contributed by atoms with Gasteiger partial charge in [0, 0.05) is 22.7 Å². The van der Waals surface area contributed by atoms with Gasteiger partial charge in [-0.15, -0.1) is 0 Å². The summed E-state index contributed by atoms with van der Waals surface area (Å²) in [5, 5.41) is 28.0. The van der Waals surface area contributed by atoms with Crippen LogP contribution in [0.2, 0.25) is 5.02 Å². The minimum Gasteiger partial charge on any atom is -0.507 e. The molecule has 1 aliphatic heterocycles. The Morgan fingerprint density at radius 1 is 1.11 bits per heavy atom. The molecule has 3 N–H and O–H groups in total. The van der Waals surface area contributed by atoms with Gasteiger partial charge in [-0.25, -0.2) is 0 Å². The maximum absolute atomic E-state index is 13.2. The van der Waals surface area contributed by atoms with E-state index in [2.05, 4.69) is 10.2 Å². The molecule has 35 heavy (non-hydrogen) atoms. The largest absolute Gasteiger partial charge is 0.507 e. The maximum Gasteiger partial charge on any atom is 0.273 e. The zero-order chi connectivity index (χ0) is 24.5. The van der Waals surface area contributed by atoms with Gasteiger partial charge in [0.25, 0.3) is 5.91 Å². The van der Waals surface area contributed by atoms with Crippen molar-refractivity contribution in [2.75, 3.05) is 13.2 Å². The number of ether oxygens (including phenoxy) is 1. The van der Waals surface area contributed by atoms with E-state index in [0.29, 0.717) is 39.9 Å². The smallest absolute Gasteiger partial charge is 0.273 e. The number of rotatable bonds is 7. The number of halogens is 1. The fraction of sp³-hybridized carbons (Fsp3) is 0.185. The minimum atomic E-state index is -0.499. The Balaban J connectivity index is 1.51. The van der Waals surface area contributed by atoms with E-state index >= 15 is 0 Å². The summed E-state index contributed by atoms with van der Waals surface area (Å²) in [5.41, 5.74) is 4.48. The fourth-order valence-electron chi connectivity index (χ4n) is 4.43. The van der Waals surface area contributed by atoms with E-state index < -0.39 is 6.04 Å². The SMILES string of the molecule is Cc1cc(O)c(-c2n[nH]c3c2[C@H](c2ccc(OCc4ccccc4)cc2)N(CCO)C3=O)cc1Cl. The van der Waals surface area contributed by atoms with Crippen LogP contribution in [0.1, 0.15) is 38.8 Å². The van der Waals surface area contributed by atoms with E-state index in [4.69, 9.17) is 16.3 Å². The number of aromatic nitrogens is 2. The summed E-state index contributed by atoms with van der Waals surface area (Å²) in [4.78, 5) is 14.8. The van der Waals surface area contributed by atoms with E-state index in [0.717, 1.165) is 16.7 Å². The van der Waals surface area contributed by atoms with Gasteiger partial charge < -0.3 is 19.8 Å². The Morgan fingerprint density at radius 2 is 1.86 bits per heavy atom. The average Bonchev–Trinajstić information content (AvgIpc) is 3.40. The van der Waals surface area contributed by atoms with Crippen molar-refractivity contribution in [2.45, 2.75) is 19.6 Å². The van der Waals surface area contributed by atoms with Crippen molar-refractivity contribution in [3.63, 3.8) is 0 Å². The molecule has 1 amide bonds. The Hall–Kier alpha value is -3.81. The number of carbonyl (C=O) groups excluding carboxylic acids is 1. The molecule has 0 aliphatic carbocycles. The quantitative estimate of drug-likeness (QED) is 0.344. The Bertz CT molecular complexity index is 1370. The number of benzene rings is 3. The summed E-state index contributed by atoms with van der Waals surface area (Å²) in [6, 6.07) is 20.1. The summed E-state index contributed by atoms with van der Waals surface area (Å²) in [6.45, 7) is 2.22. The lowest BCUT2D eigenvalue weighted by molar-refractivity contribution is 0.0706. The van der Waals surface area contributed by atoms with Crippen molar-refractivity contribution < 1.29 is 19.7 Å². The Labute approximate surface area is 207 Å². The number of amides is 1. The van der Waals surface area contributed by atoms with E-state index in [9.17, 15) is 15.0 Å². The number of hydrogen-bond donors (Lipinski definition) is 3. The molecule has 0 spiro atoms. The number of aliphatic hydroxyl groups excluding tert-OH is 1. The number of phenols is 1. The van der Waals surface area contributed by atoms with Crippen LogP contribution in [-0.4, -0.2) is 44.4 Å². The van der Waals surface area contributed by atoms with E-state index in [1.165, 1.54) is 0 Å². The molecule has 0 saturated carbocycles. The molecule has 3 aromatic carbocycles. The molecule has 0 saturated heterocycles. The number of hydrogen-bond acceptors (Lipinski definition) is 5. The highest BCUT2D eigenvalue weighted by molar-refractivity contribution is 6.31. The van der Waals surface area contributed by atoms with Crippen LogP contribution in [0.4, 0.5) is 0 Å². The number of β-amino-alcohol motifs (C(OH)–C–C–N with tert-alkyl or cyclic N) is 1. The van der Waals surface area contributed by atoms with Gasteiger partial charge in [-0.1, -0.05) is 54.1 Å². The molecule has 0 radical (unpaired) electrons. The van der Waals surface area contributed by atoms with Crippen molar-refractivity contribution >= 4 is 17.5 Å². The molecular formula is C27H24ClN3O4. The second-order valence-corrected chi connectivity index (χ2v) is 8.85. The molecule has 5 rings (SSSR count). The van der Waals surface area contributed by atoms with E-state index in [-0.39, 0.29) is 24.8 Å². The summed E-state index contributed by atoms with van der Waals surface area (Å²) in [5.74, 6) is 0.462. The number of aryl methyl sites for hydroxylation is 1. The average molecular weight is 490 g/mol. The highest BCUT2D eigenvalue weighted by atomic mass is 35.5. The number of nitrogens with zero attached hydrogens (tertiary/aromatic N) is 2. The van der Waals surface area contributed by atoms with Gasteiger partial charge in [0.15, 0.2) is 0 Å². The van der Waals surface area contributed by atoms with Crippen LogP contribution in [0.15, 0.2) is 66.7 Å². The number of carbonyl (C=O) groups is 1. The number of aromatic hydroxyl groups is 1. The summed E-state index contributed by atoms with van der Waals surface area (Å²) < 4.78 is 5.91. The zero-order valence-electron chi connectivity index (χ0n) is 19.0. The number of aliphatic hydroxyl groups is 1. The predicted molar refractivity (Wildman–Crippen MR) is 133 cm³/mol. The zero-order valence-corrected chi connectivity index (χ0v) is 19.8. The van der Waals surface area contributed by atoms with Gasteiger partial charge >= 0.3 is 0 Å². The third-order valence-electron chi connectivity index (χ3n) is 6.18. The number of phenolic OH excluding ortho intramolecular Hbond substituents is 1. The highest BCUT2D eigenvalue weighted by Crippen LogP contribution is 2.45. The fourth-order valence-corrected chi connectivity index (χ4v) is 4.59. The lowest BCUT2D eigenvalue weighted by Gasteiger charge is -2.26. The maximum atomic E-state index is 13.2. The van der Waals surface area contributed by atoms with Gasteiger partial charge in [-0.05, 0) is 47.9 Å². The number of aromatic amines is 1. The monoisotopic (exact) mass is 489 g/mol. The predicted octanol–water partition coefficient (Wildman–Crippen LogP) is 4.86. The topological polar surface area (TPSA) is 98.7 Å². The van der Waals surface area contributed by atoms with Gasteiger partial charge in [-0.2, -0.15) is 5.10 Å². The first kappa shape index (κ1) is 23.0. The second kappa shape index (κ2) is 9.44. The van der Waals surface area contributed by atoms with Gasteiger partial charge in [0.1, 0.15) is 29.5 Å². The van der Waals surface area contributed by atoms with Crippen LogP contribution in [-0.2, 0) is 6.61 Å². The Kier molecular flexibility index (Phi) is 6.19. The van der Waals surface area contributed by atoms with Crippen molar-refractivity contribution in [1.29, 1.82) is 0 Å². The highest BCUT2D eigenvalue weighted by Gasteiger charge is 2.42. The van der Waals surface area contributed by atoms with Gasteiger partial charge in [-0.3, -0.25) is 9.89 Å². The molecule has 1 aromatic heterocycles. The molecule has 178 valence electrons. The molecule has 0 fully saturated rings. The standard InChI is InChI=1S/C27H24ClN3O4/c1-16-13-22(33)20(14-21(16)28)24-23-25(30-29-24)27(34)31(11-12-32)26(23)18-7-9-19(10-8-18)35-15-17-5-3-2-4-6-17/h2-10,13-14,26,32-33H,11-12,15H2,1H3,(H,29,30)/t26-/m0/s1. The normalized spacial score (nSPS) is 14.9. The summed E-state index contributed by atoms with van der Waals surface area (Å²) in [7, 11) is 0. The van der Waals surface area contributed by atoms with Crippen LogP contribution in [0, 0.1) is 6.92 Å². The molecule has 0 bridgehead atoms. The van der Waals surface area contributed by atoms with Crippen molar-refractivity contribution in [1.82, 2.24) is 15.1 Å².